The molecule has 2 aromatic rings. The van der Waals surface area contributed by atoms with Crippen LogP contribution in [0, 0.1) is 5.82 Å². The molecule has 1 aromatic carbocycles. The molecule has 0 saturated heterocycles. The fraction of sp³-hybridized carbons (Fsp3) is 0.400. The van der Waals surface area contributed by atoms with E-state index in [1.165, 1.54) is 12.1 Å². The van der Waals surface area contributed by atoms with Crippen molar-refractivity contribution < 1.29 is 9.13 Å². The van der Waals surface area contributed by atoms with Gasteiger partial charge in [-0.15, -0.1) is 0 Å². The lowest BCUT2D eigenvalue weighted by molar-refractivity contribution is 0.291. The maximum absolute atomic E-state index is 13.3. The summed E-state index contributed by atoms with van der Waals surface area (Å²) in [5, 5.41) is 3.18. The highest BCUT2D eigenvalue weighted by atomic mass is 19.1. The van der Waals surface area contributed by atoms with E-state index in [9.17, 15) is 4.39 Å². The van der Waals surface area contributed by atoms with Crippen LogP contribution >= 0.6 is 0 Å². The summed E-state index contributed by atoms with van der Waals surface area (Å²) in [5.41, 5.74) is 1.83. The van der Waals surface area contributed by atoms with Crippen LogP contribution in [0.15, 0.2) is 30.7 Å². The van der Waals surface area contributed by atoms with Gasteiger partial charge in [0, 0.05) is 18.7 Å². The van der Waals surface area contributed by atoms with E-state index in [0.717, 1.165) is 24.3 Å². The highest BCUT2D eigenvalue weighted by Gasteiger charge is 2.07. The number of hydrogen-bond acceptors (Lipinski definition) is 3. The second-order valence-corrected chi connectivity index (χ2v) is 4.49. The summed E-state index contributed by atoms with van der Waals surface area (Å²) in [6.45, 7) is 6.78. The van der Waals surface area contributed by atoms with Crippen LogP contribution in [-0.2, 0) is 19.7 Å². The van der Waals surface area contributed by atoms with Gasteiger partial charge in [-0.1, -0.05) is 6.92 Å². The Hall–Kier alpha value is -1.88. The van der Waals surface area contributed by atoms with Gasteiger partial charge in [0.25, 0.3) is 0 Å². The van der Waals surface area contributed by atoms with Gasteiger partial charge in [-0.05, 0) is 31.7 Å². The first-order chi connectivity index (χ1) is 9.74. The van der Waals surface area contributed by atoms with E-state index in [4.69, 9.17) is 4.74 Å². The molecule has 5 heteroatoms. The van der Waals surface area contributed by atoms with Gasteiger partial charge in [0.15, 0.2) is 0 Å². The largest absolute Gasteiger partial charge is 0.487 e. The van der Waals surface area contributed by atoms with Gasteiger partial charge in [0.2, 0.25) is 0 Å². The van der Waals surface area contributed by atoms with Crippen molar-refractivity contribution in [2.75, 3.05) is 6.54 Å². The van der Waals surface area contributed by atoms with Crippen molar-refractivity contribution in [1.29, 1.82) is 0 Å². The molecule has 0 aliphatic carbocycles. The molecule has 0 saturated carbocycles. The number of nitrogens with one attached hydrogen (secondary N) is 1. The normalized spacial score (nSPS) is 10.8. The second-order valence-electron chi connectivity index (χ2n) is 4.49. The number of ether oxygens (including phenoxy) is 1. The Bertz CT molecular complexity index is 554. The molecule has 0 radical (unpaired) electrons. The van der Waals surface area contributed by atoms with E-state index in [0.29, 0.717) is 18.9 Å². The Morgan fingerprint density at radius 1 is 1.35 bits per heavy atom. The standard InChI is InChI=1S/C15H20FN3O/c1-3-17-8-12-7-13(16)5-6-15(12)20-10-14-9-18-11-19(14)4-2/h5-7,9,11,17H,3-4,8,10H2,1-2H3. The molecule has 0 aliphatic rings. The van der Waals surface area contributed by atoms with Crippen LogP contribution in [-0.4, -0.2) is 16.1 Å². The average molecular weight is 277 g/mol. The lowest BCUT2D eigenvalue weighted by Crippen LogP contribution is -2.13. The number of halogens is 1. The molecule has 0 fully saturated rings. The average Bonchev–Trinajstić information content (AvgIpc) is 2.91. The minimum Gasteiger partial charge on any atom is -0.487 e. The summed E-state index contributed by atoms with van der Waals surface area (Å²) in [6.07, 6.45) is 3.57. The minimum atomic E-state index is -0.246. The monoisotopic (exact) mass is 277 g/mol. The first-order valence-corrected chi connectivity index (χ1v) is 6.85. The predicted octanol–water partition coefficient (Wildman–Crippen LogP) is 2.73. The number of benzene rings is 1. The van der Waals surface area contributed by atoms with Crippen LogP contribution in [0.25, 0.3) is 0 Å². The third kappa shape index (κ3) is 3.57. The van der Waals surface area contributed by atoms with Crippen molar-refractivity contribution in [3.05, 3.63) is 47.8 Å². The van der Waals surface area contributed by atoms with E-state index in [2.05, 4.69) is 17.2 Å². The van der Waals surface area contributed by atoms with Crippen molar-refractivity contribution in [2.45, 2.75) is 33.5 Å². The topological polar surface area (TPSA) is 39.1 Å². The molecular formula is C15H20FN3O. The van der Waals surface area contributed by atoms with Gasteiger partial charge >= 0.3 is 0 Å². The Morgan fingerprint density at radius 2 is 2.20 bits per heavy atom. The molecule has 20 heavy (non-hydrogen) atoms. The van der Waals surface area contributed by atoms with Crippen molar-refractivity contribution in [3.8, 4) is 5.75 Å². The Kier molecular flexibility index (Phi) is 5.12. The zero-order valence-electron chi connectivity index (χ0n) is 11.9. The van der Waals surface area contributed by atoms with Crippen molar-refractivity contribution in [3.63, 3.8) is 0 Å². The van der Waals surface area contributed by atoms with Gasteiger partial charge in [0.05, 0.1) is 18.2 Å². The number of aryl methyl sites for hydroxylation is 1. The van der Waals surface area contributed by atoms with E-state index < -0.39 is 0 Å². The first-order valence-electron chi connectivity index (χ1n) is 6.85. The molecular weight excluding hydrogens is 257 g/mol. The number of imidazole rings is 1. The maximum atomic E-state index is 13.3. The van der Waals surface area contributed by atoms with Gasteiger partial charge in [-0.25, -0.2) is 9.37 Å². The van der Waals surface area contributed by atoms with Gasteiger partial charge in [-0.3, -0.25) is 0 Å². The minimum absolute atomic E-state index is 0.246. The lowest BCUT2D eigenvalue weighted by Gasteiger charge is -2.12. The van der Waals surface area contributed by atoms with E-state index >= 15 is 0 Å². The summed E-state index contributed by atoms with van der Waals surface area (Å²) in [7, 11) is 0. The van der Waals surface area contributed by atoms with E-state index in [1.54, 1.807) is 18.6 Å². The molecule has 0 bridgehead atoms. The second kappa shape index (κ2) is 7.05. The highest BCUT2D eigenvalue weighted by Crippen LogP contribution is 2.21. The Morgan fingerprint density at radius 3 is 2.95 bits per heavy atom. The SMILES string of the molecule is CCNCc1cc(F)ccc1OCc1cncn1CC. The highest BCUT2D eigenvalue weighted by molar-refractivity contribution is 5.34. The molecule has 1 heterocycles. The fourth-order valence-corrected chi connectivity index (χ4v) is 1.99. The number of nitrogens with zero attached hydrogens (tertiary/aromatic N) is 2. The summed E-state index contributed by atoms with van der Waals surface area (Å²) in [4.78, 5) is 4.10. The lowest BCUT2D eigenvalue weighted by atomic mass is 10.2. The number of rotatable bonds is 7. The first kappa shape index (κ1) is 14.5. The number of hydrogen-bond donors (Lipinski definition) is 1. The van der Waals surface area contributed by atoms with Crippen LogP contribution in [0.4, 0.5) is 4.39 Å². The molecule has 0 unspecified atom stereocenters. The molecule has 0 spiro atoms. The predicted molar refractivity (Wildman–Crippen MR) is 76.0 cm³/mol. The quantitative estimate of drug-likeness (QED) is 0.846. The third-order valence-electron chi connectivity index (χ3n) is 3.10. The summed E-state index contributed by atoms with van der Waals surface area (Å²) in [5.74, 6) is 0.458. The van der Waals surface area contributed by atoms with Gasteiger partial charge in [0.1, 0.15) is 18.2 Å². The zero-order valence-corrected chi connectivity index (χ0v) is 11.9. The summed E-state index contributed by atoms with van der Waals surface area (Å²) in [6, 6.07) is 4.60. The summed E-state index contributed by atoms with van der Waals surface area (Å²) >= 11 is 0. The summed E-state index contributed by atoms with van der Waals surface area (Å²) < 4.78 is 21.1. The number of aromatic nitrogens is 2. The molecule has 2 rings (SSSR count). The van der Waals surface area contributed by atoms with Gasteiger partial charge in [-0.2, -0.15) is 0 Å². The van der Waals surface area contributed by atoms with E-state index in [1.807, 2.05) is 11.5 Å². The molecule has 108 valence electrons. The van der Waals surface area contributed by atoms with Crippen LogP contribution in [0.1, 0.15) is 25.1 Å². The fourth-order valence-electron chi connectivity index (χ4n) is 1.99. The van der Waals surface area contributed by atoms with Crippen LogP contribution in [0.3, 0.4) is 0 Å². The maximum Gasteiger partial charge on any atom is 0.130 e. The molecule has 0 amide bonds. The van der Waals surface area contributed by atoms with Gasteiger partial charge < -0.3 is 14.6 Å². The zero-order chi connectivity index (χ0) is 14.4. The molecule has 4 nitrogen and oxygen atoms in total. The molecule has 1 aromatic heterocycles. The molecule has 1 N–H and O–H groups in total. The van der Waals surface area contributed by atoms with Crippen LogP contribution in [0.5, 0.6) is 5.75 Å². The smallest absolute Gasteiger partial charge is 0.130 e. The Balaban J connectivity index is 2.08. The Labute approximate surface area is 118 Å². The molecule has 0 aliphatic heterocycles. The van der Waals surface area contributed by atoms with E-state index in [-0.39, 0.29) is 5.82 Å². The van der Waals surface area contributed by atoms with Crippen molar-refractivity contribution >= 4 is 0 Å². The van der Waals surface area contributed by atoms with Crippen molar-refractivity contribution in [2.24, 2.45) is 0 Å². The third-order valence-corrected chi connectivity index (χ3v) is 3.10. The molecule has 0 atom stereocenters. The van der Waals surface area contributed by atoms with Crippen LogP contribution in [0.2, 0.25) is 0 Å². The van der Waals surface area contributed by atoms with Crippen molar-refractivity contribution in [1.82, 2.24) is 14.9 Å². The van der Waals surface area contributed by atoms with Crippen LogP contribution < -0.4 is 10.1 Å².